The largest absolute Gasteiger partial charge is 0.378 e. The number of hydrogen-bond acceptors (Lipinski definition) is 2. The Hall–Kier alpha value is -0.0800. The lowest BCUT2D eigenvalue weighted by atomic mass is 9.74. The molecule has 1 saturated heterocycles. The second kappa shape index (κ2) is 4.19. The minimum absolute atomic E-state index is 0.0900. The van der Waals surface area contributed by atoms with Crippen molar-refractivity contribution in [1.29, 1.82) is 0 Å². The molecule has 0 spiro atoms. The summed E-state index contributed by atoms with van der Waals surface area (Å²) in [6, 6.07) is 0. The van der Waals surface area contributed by atoms with Gasteiger partial charge in [-0.2, -0.15) is 0 Å². The van der Waals surface area contributed by atoms with E-state index in [1.807, 2.05) is 0 Å². The molecular formula is C12H23NO. The molecule has 0 aromatic carbocycles. The van der Waals surface area contributed by atoms with Crippen LogP contribution in [0.25, 0.3) is 0 Å². The third-order valence-electron chi connectivity index (χ3n) is 3.78. The van der Waals surface area contributed by atoms with Gasteiger partial charge in [0.25, 0.3) is 0 Å². The van der Waals surface area contributed by atoms with Crippen LogP contribution in [0.2, 0.25) is 0 Å². The van der Waals surface area contributed by atoms with Gasteiger partial charge in [-0.05, 0) is 38.0 Å². The van der Waals surface area contributed by atoms with Crippen molar-refractivity contribution in [2.45, 2.75) is 63.5 Å². The molecule has 2 heteroatoms. The van der Waals surface area contributed by atoms with Crippen LogP contribution < -0.4 is 5.73 Å². The SMILES string of the molecule is CC1CCCC(N)(CC2CCCO2)C1. The van der Waals surface area contributed by atoms with Gasteiger partial charge in [0.05, 0.1) is 6.10 Å². The maximum absolute atomic E-state index is 6.45. The maximum atomic E-state index is 6.45. The maximum Gasteiger partial charge on any atom is 0.0593 e. The lowest BCUT2D eigenvalue weighted by Gasteiger charge is -2.38. The predicted octanol–water partition coefficient (Wildman–Crippen LogP) is 2.46. The first-order valence-electron chi connectivity index (χ1n) is 6.08. The van der Waals surface area contributed by atoms with Crippen molar-refractivity contribution in [3.05, 3.63) is 0 Å². The average Bonchev–Trinajstić information content (AvgIpc) is 2.55. The first-order valence-corrected chi connectivity index (χ1v) is 6.08. The van der Waals surface area contributed by atoms with Crippen molar-refractivity contribution in [1.82, 2.24) is 0 Å². The summed E-state index contributed by atoms with van der Waals surface area (Å²) in [6.45, 7) is 3.28. The lowest BCUT2D eigenvalue weighted by Crippen LogP contribution is -2.46. The zero-order valence-corrected chi connectivity index (χ0v) is 9.30. The summed E-state index contributed by atoms with van der Waals surface area (Å²) in [5, 5.41) is 0. The van der Waals surface area contributed by atoms with Gasteiger partial charge in [0.15, 0.2) is 0 Å². The van der Waals surface area contributed by atoms with Crippen LogP contribution in [-0.2, 0) is 4.74 Å². The molecule has 2 nitrogen and oxygen atoms in total. The number of hydrogen-bond donors (Lipinski definition) is 1. The van der Waals surface area contributed by atoms with Crippen molar-refractivity contribution in [2.75, 3.05) is 6.61 Å². The van der Waals surface area contributed by atoms with E-state index in [2.05, 4.69) is 6.92 Å². The molecule has 2 aliphatic rings. The van der Waals surface area contributed by atoms with Crippen LogP contribution in [0.15, 0.2) is 0 Å². The molecular weight excluding hydrogens is 174 g/mol. The predicted molar refractivity (Wildman–Crippen MR) is 58.1 cm³/mol. The molecule has 14 heavy (non-hydrogen) atoms. The molecule has 0 amide bonds. The number of nitrogens with two attached hydrogens (primary N) is 1. The quantitative estimate of drug-likeness (QED) is 0.738. The van der Waals surface area contributed by atoms with Crippen molar-refractivity contribution in [2.24, 2.45) is 11.7 Å². The van der Waals surface area contributed by atoms with E-state index in [4.69, 9.17) is 10.5 Å². The molecule has 0 aromatic rings. The molecule has 2 rings (SSSR count). The van der Waals surface area contributed by atoms with E-state index >= 15 is 0 Å². The average molecular weight is 197 g/mol. The molecule has 1 saturated carbocycles. The molecule has 2 N–H and O–H groups in total. The van der Waals surface area contributed by atoms with E-state index in [0.717, 1.165) is 18.9 Å². The van der Waals surface area contributed by atoms with E-state index in [-0.39, 0.29) is 5.54 Å². The summed E-state index contributed by atoms with van der Waals surface area (Å²) in [5.41, 5.74) is 6.54. The Morgan fingerprint density at radius 3 is 2.86 bits per heavy atom. The third kappa shape index (κ3) is 2.48. The first kappa shape index (κ1) is 10.4. The Labute approximate surface area is 87.2 Å². The van der Waals surface area contributed by atoms with E-state index in [9.17, 15) is 0 Å². The van der Waals surface area contributed by atoms with Crippen LogP contribution in [0.3, 0.4) is 0 Å². The van der Waals surface area contributed by atoms with Crippen LogP contribution in [0, 0.1) is 5.92 Å². The normalized spacial score (nSPS) is 44.1. The van der Waals surface area contributed by atoms with Crippen LogP contribution in [0.4, 0.5) is 0 Å². The molecule has 1 aliphatic carbocycles. The Kier molecular flexibility index (Phi) is 3.13. The van der Waals surface area contributed by atoms with Gasteiger partial charge in [-0.1, -0.05) is 19.8 Å². The van der Waals surface area contributed by atoms with E-state index in [0.29, 0.717) is 6.10 Å². The van der Waals surface area contributed by atoms with Gasteiger partial charge < -0.3 is 10.5 Å². The van der Waals surface area contributed by atoms with Crippen molar-refractivity contribution < 1.29 is 4.74 Å². The zero-order chi connectivity index (χ0) is 10.0. The molecule has 0 aromatic heterocycles. The standard InChI is InChI=1S/C12H23NO/c1-10-4-2-6-12(13,8-10)9-11-5-3-7-14-11/h10-11H,2-9,13H2,1H3. The molecule has 2 fully saturated rings. The summed E-state index contributed by atoms with van der Waals surface area (Å²) in [5.74, 6) is 0.815. The summed E-state index contributed by atoms with van der Waals surface area (Å²) in [7, 11) is 0. The van der Waals surface area contributed by atoms with Gasteiger partial charge in [-0.25, -0.2) is 0 Å². The summed E-state index contributed by atoms with van der Waals surface area (Å²) < 4.78 is 5.68. The summed E-state index contributed by atoms with van der Waals surface area (Å²) in [6.07, 6.45) is 9.10. The van der Waals surface area contributed by atoms with Crippen LogP contribution in [0.1, 0.15) is 51.9 Å². The molecule has 0 radical (unpaired) electrons. The monoisotopic (exact) mass is 197 g/mol. The van der Waals surface area contributed by atoms with E-state index < -0.39 is 0 Å². The van der Waals surface area contributed by atoms with Gasteiger partial charge in [0.2, 0.25) is 0 Å². The van der Waals surface area contributed by atoms with Crippen molar-refractivity contribution >= 4 is 0 Å². The highest BCUT2D eigenvalue weighted by molar-refractivity contribution is 4.92. The number of ether oxygens (including phenoxy) is 1. The minimum Gasteiger partial charge on any atom is -0.378 e. The molecule has 3 atom stereocenters. The highest BCUT2D eigenvalue weighted by Crippen LogP contribution is 2.35. The Bertz CT molecular complexity index is 189. The second-order valence-electron chi connectivity index (χ2n) is 5.40. The van der Waals surface area contributed by atoms with Gasteiger partial charge in [0.1, 0.15) is 0 Å². The van der Waals surface area contributed by atoms with Crippen LogP contribution in [-0.4, -0.2) is 18.2 Å². The lowest BCUT2D eigenvalue weighted by molar-refractivity contribution is 0.0684. The molecule has 0 bridgehead atoms. The minimum atomic E-state index is 0.0900. The second-order valence-corrected chi connectivity index (χ2v) is 5.40. The van der Waals surface area contributed by atoms with E-state index in [1.165, 1.54) is 38.5 Å². The highest BCUT2D eigenvalue weighted by Gasteiger charge is 2.34. The van der Waals surface area contributed by atoms with Crippen molar-refractivity contribution in [3.63, 3.8) is 0 Å². The fourth-order valence-corrected chi connectivity index (χ4v) is 3.14. The van der Waals surface area contributed by atoms with Gasteiger partial charge >= 0.3 is 0 Å². The third-order valence-corrected chi connectivity index (χ3v) is 3.78. The van der Waals surface area contributed by atoms with Crippen LogP contribution >= 0.6 is 0 Å². The highest BCUT2D eigenvalue weighted by atomic mass is 16.5. The molecule has 3 unspecified atom stereocenters. The fraction of sp³-hybridized carbons (Fsp3) is 1.00. The fourth-order valence-electron chi connectivity index (χ4n) is 3.14. The molecule has 82 valence electrons. The zero-order valence-electron chi connectivity index (χ0n) is 9.30. The van der Waals surface area contributed by atoms with E-state index in [1.54, 1.807) is 0 Å². The number of rotatable bonds is 2. The molecule has 1 heterocycles. The van der Waals surface area contributed by atoms with Gasteiger partial charge in [0, 0.05) is 12.1 Å². The Balaban J connectivity index is 1.87. The summed E-state index contributed by atoms with van der Waals surface area (Å²) in [4.78, 5) is 0. The topological polar surface area (TPSA) is 35.2 Å². The first-order chi connectivity index (χ1) is 6.68. The van der Waals surface area contributed by atoms with Crippen LogP contribution in [0.5, 0.6) is 0 Å². The van der Waals surface area contributed by atoms with Gasteiger partial charge in [-0.3, -0.25) is 0 Å². The van der Waals surface area contributed by atoms with Crippen molar-refractivity contribution in [3.8, 4) is 0 Å². The molecule has 1 aliphatic heterocycles. The Morgan fingerprint density at radius 2 is 2.21 bits per heavy atom. The Morgan fingerprint density at radius 1 is 1.36 bits per heavy atom. The smallest absolute Gasteiger partial charge is 0.0593 e. The summed E-state index contributed by atoms with van der Waals surface area (Å²) >= 11 is 0. The van der Waals surface area contributed by atoms with Gasteiger partial charge in [-0.15, -0.1) is 0 Å².